The molecule has 0 unspecified atom stereocenters. The van der Waals surface area contributed by atoms with Crippen molar-refractivity contribution < 1.29 is 14.9 Å². The molecule has 142 valence electrons. The largest absolute Gasteiger partial charge is 0.504 e. The molecule has 5 rings (SSSR count). The van der Waals surface area contributed by atoms with Crippen molar-refractivity contribution in [3.8, 4) is 5.75 Å². The molecule has 1 aromatic carbocycles. The number of ether oxygens (including phenoxy) is 1. The molecule has 0 aromatic heterocycles. The summed E-state index contributed by atoms with van der Waals surface area (Å²) in [6, 6.07) is 0. The first-order valence-corrected chi connectivity index (χ1v) is 10.7. The first-order chi connectivity index (χ1) is 12.9. The molecular weight excluding hydrogens is 478 g/mol. The fraction of sp³-hybridized carbons (Fsp3) is 0.474. The second-order valence-corrected chi connectivity index (χ2v) is 9.60. The molecule has 27 heavy (non-hydrogen) atoms. The van der Waals surface area contributed by atoms with Crippen molar-refractivity contribution in [3.05, 3.63) is 26.7 Å². The third-order valence-corrected chi connectivity index (χ3v) is 7.50. The monoisotopic (exact) mass is 495 g/mol. The number of phenols is 1. The van der Waals surface area contributed by atoms with E-state index in [0.717, 1.165) is 32.6 Å². The second kappa shape index (κ2) is 6.14. The summed E-state index contributed by atoms with van der Waals surface area (Å²) in [5, 5.41) is 26.7. The van der Waals surface area contributed by atoms with Gasteiger partial charge in [-0.2, -0.15) is 0 Å². The van der Waals surface area contributed by atoms with Crippen LogP contribution in [0.15, 0.2) is 20.5 Å². The number of hydrogen-bond acceptors (Lipinski definition) is 6. The highest BCUT2D eigenvalue weighted by Crippen LogP contribution is 2.51. The highest BCUT2D eigenvalue weighted by Gasteiger charge is 2.48. The molecule has 1 aliphatic carbocycles. The number of nitrogens with one attached hydrogen (secondary N) is 1. The van der Waals surface area contributed by atoms with Crippen molar-refractivity contribution in [2.45, 2.75) is 41.8 Å². The lowest BCUT2D eigenvalue weighted by molar-refractivity contribution is 0.0877. The molecule has 4 atom stereocenters. The Hall–Kier alpha value is -1.22. The van der Waals surface area contributed by atoms with E-state index in [9.17, 15) is 10.2 Å². The van der Waals surface area contributed by atoms with Crippen LogP contribution in [0.4, 0.5) is 11.4 Å². The van der Waals surface area contributed by atoms with E-state index >= 15 is 0 Å². The van der Waals surface area contributed by atoms with E-state index in [-0.39, 0.29) is 16.8 Å². The van der Waals surface area contributed by atoms with Gasteiger partial charge in [-0.15, -0.1) is 0 Å². The van der Waals surface area contributed by atoms with Crippen molar-refractivity contribution >= 4 is 55.0 Å². The minimum Gasteiger partial charge on any atom is -0.504 e. The van der Waals surface area contributed by atoms with Crippen LogP contribution in [0, 0.1) is 0 Å². The number of halogens is 2. The van der Waals surface area contributed by atoms with Gasteiger partial charge in [0.2, 0.25) is 0 Å². The molecule has 1 aromatic rings. The minimum absolute atomic E-state index is 0.119. The molecule has 8 heteroatoms. The number of anilines is 1. The Labute approximate surface area is 173 Å². The van der Waals surface area contributed by atoms with Gasteiger partial charge in [0.15, 0.2) is 5.75 Å². The topological polar surface area (TPSA) is 86.4 Å². The van der Waals surface area contributed by atoms with Gasteiger partial charge in [0.25, 0.3) is 0 Å². The van der Waals surface area contributed by atoms with Crippen molar-refractivity contribution in [1.29, 1.82) is 0 Å². The molecule has 0 bridgehead atoms. The summed E-state index contributed by atoms with van der Waals surface area (Å²) in [5.41, 5.74) is 2.91. The Balaban J connectivity index is 1.89. The van der Waals surface area contributed by atoms with Crippen LogP contribution in [-0.2, 0) is 10.2 Å². The lowest BCUT2D eigenvalue weighted by Gasteiger charge is -2.45. The van der Waals surface area contributed by atoms with Gasteiger partial charge >= 0.3 is 0 Å². The van der Waals surface area contributed by atoms with E-state index in [0.29, 0.717) is 30.8 Å². The van der Waals surface area contributed by atoms with Gasteiger partial charge in [0, 0.05) is 51.8 Å². The van der Waals surface area contributed by atoms with Gasteiger partial charge in [-0.25, -0.2) is 0 Å². The zero-order valence-corrected chi connectivity index (χ0v) is 17.8. The fourth-order valence-corrected chi connectivity index (χ4v) is 6.73. The Morgan fingerprint density at radius 3 is 2.93 bits per heavy atom. The lowest BCUT2D eigenvalue weighted by atomic mass is 9.67. The highest BCUT2D eigenvalue weighted by atomic mass is 79.9. The Morgan fingerprint density at radius 1 is 1.37 bits per heavy atom. The van der Waals surface area contributed by atoms with Crippen LogP contribution in [0.3, 0.4) is 0 Å². The molecule has 0 saturated heterocycles. The number of phenolic OH excluding ortho intramolecular Hbond substituents is 1. The standard InChI is InChI=1S/C19H19Br2N3O3/c1-27-11-6-19(4-9(20)17(25)10(21)5-19)13-14-12-8(2-3-22-14)7-23-15(12)18(26)16(13)24-11/h4,7,10-11,17,24-26H,2-3,5-6H2,1H3/t10-,11-,17+,19-/m0/s1. The van der Waals surface area contributed by atoms with E-state index in [4.69, 9.17) is 9.73 Å². The maximum absolute atomic E-state index is 11.0. The van der Waals surface area contributed by atoms with Gasteiger partial charge in [-0.1, -0.05) is 37.9 Å². The number of allylic oxidation sites excluding steroid dienone is 1. The average Bonchev–Trinajstić information content (AvgIpc) is 3.09. The number of benzene rings is 1. The zero-order valence-electron chi connectivity index (χ0n) is 14.7. The molecule has 3 N–H and O–H groups in total. The number of nitrogens with zero attached hydrogens (tertiary/aromatic N) is 2. The first-order valence-electron chi connectivity index (χ1n) is 8.96. The number of methoxy groups -OCH3 is 1. The van der Waals surface area contributed by atoms with E-state index in [2.05, 4.69) is 48.2 Å². The third-order valence-electron chi connectivity index (χ3n) is 5.98. The summed E-state index contributed by atoms with van der Waals surface area (Å²) in [4.78, 5) is 9.19. The van der Waals surface area contributed by atoms with Crippen LogP contribution < -0.4 is 15.9 Å². The first kappa shape index (κ1) is 17.8. The maximum atomic E-state index is 11.0. The average molecular weight is 497 g/mol. The number of aliphatic hydroxyl groups excluding tert-OH is 1. The smallest absolute Gasteiger partial charge is 0.165 e. The summed E-state index contributed by atoms with van der Waals surface area (Å²) in [6.07, 6.45) is 5.24. The second-order valence-electron chi connectivity index (χ2n) is 7.51. The van der Waals surface area contributed by atoms with E-state index in [1.54, 1.807) is 7.11 Å². The molecule has 0 fully saturated rings. The van der Waals surface area contributed by atoms with Crippen molar-refractivity contribution in [2.75, 3.05) is 19.0 Å². The number of alkyl halides is 1. The SMILES string of the molecule is CO[C@H]1C[C@@]2(C=C(Br)[C@@H](O)[C@@H](Br)C2)c2c(c(O)c3c4c2=NCCC=4C=N3)N1. The van der Waals surface area contributed by atoms with Crippen LogP contribution in [-0.4, -0.2) is 47.2 Å². The van der Waals surface area contributed by atoms with Gasteiger partial charge in [0.05, 0.1) is 17.1 Å². The molecule has 0 saturated carbocycles. The molecule has 6 nitrogen and oxygen atoms in total. The molecule has 4 aliphatic rings. The summed E-state index contributed by atoms with van der Waals surface area (Å²) in [6.45, 7) is 0.708. The van der Waals surface area contributed by atoms with Crippen LogP contribution in [0.2, 0.25) is 0 Å². The number of rotatable bonds is 1. The Bertz CT molecular complexity index is 1040. The number of aliphatic imine (C=N–C) groups is 1. The fourth-order valence-electron chi connectivity index (χ4n) is 4.75. The van der Waals surface area contributed by atoms with Crippen LogP contribution >= 0.6 is 31.9 Å². The molecule has 1 spiro atoms. The summed E-state index contributed by atoms with van der Waals surface area (Å²) < 4.78 is 6.37. The highest BCUT2D eigenvalue weighted by molar-refractivity contribution is 9.12. The molecule has 0 amide bonds. The number of aliphatic hydroxyl groups is 1. The van der Waals surface area contributed by atoms with Crippen molar-refractivity contribution in [1.82, 2.24) is 0 Å². The maximum Gasteiger partial charge on any atom is 0.165 e. The van der Waals surface area contributed by atoms with Gasteiger partial charge in [-0.05, 0) is 18.4 Å². The van der Waals surface area contributed by atoms with Gasteiger partial charge < -0.3 is 20.3 Å². The molecule has 0 radical (unpaired) electrons. The summed E-state index contributed by atoms with van der Waals surface area (Å²) in [7, 11) is 1.65. The van der Waals surface area contributed by atoms with E-state index in [1.807, 2.05) is 6.21 Å². The molecular formula is C19H19Br2N3O3. The Morgan fingerprint density at radius 2 is 2.19 bits per heavy atom. The summed E-state index contributed by atoms with van der Waals surface area (Å²) >= 11 is 7.19. The zero-order chi connectivity index (χ0) is 18.9. The third kappa shape index (κ3) is 2.43. The van der Waals surface area contributed by atoms with Crippen LogP contribution in [0.5, 0.6) is 5.75 Å². The quantitative estimate of drug-likeness (QED) is 0.410. The minimum atomic E-state index is -0.600. The number of fused-ring (bicyclic) bond motifs is 3. The van der Waals surface area contributed by atoms with Crippen molar-refractivity contribution in [3.63, 3.8) is 0 Å². The predicted octanol–water partition coefficient (Wildman–Crippen LogP) is 2.11. The number of aromatic hydroxyl groups is 1. The molecule has 3 heterocycles. The van der Waals surface area contributed by atoms with E-state index < -0.39 is 11.5 Å². The van der Waals surface area contributed by atoms with Crippen LogP contribution in [0.25, 0.3) is 5.57 Å². The Kier molecular flexibility index (Phi) is 4.06. The van der Waals surface area contributed by atoms with Crippen molar-refractivity contribution in [2.24, 2.45) is 9.98 Å². The van der Waals surface area contributed by atoms with Gasteiger partial charge in [0.1, 0.15) is 11.9 Å². The van der Waals surface area contributed by atoms with Crippen LogP contribution in [0.1, 0.15) is 24.8 Å². The normalized spacial score (nSPS) is 33.3. The lowest BCUT2D eigenvalue weighted by Crippen LogP contribution is -2.51. The number of hydrogen-bond donors (Lipinski definition) is 3. The van der Waals surface area contributed by atoms with Gasteiger partial charge in [-0.3, -0.25) is 9.98 Å². The predicted molar refractivity (Wildman–Crippen MR) is 111 cm³/mol. The summed E-state index contributed by atoms with van der Waals surface area (Å²) in [5.74, 6) is 0.148. The van der Waals surface area contributed by atoms with E-state index in [1.165, 1.54) is 0 Å². The molecule has 3 aliphatic heterocycles.